The van der Waals surface area contributed by atoms with Crippen LogP contribution in [0.1, 0.15) is 12.5 Å². The molecule has 12 heteroatoms. The number of nitro benzene ring substituents is 1. The number of hydrazone groups is 1. The van der Waals surface area contributed by atoms with Gasteiger partial charge in [0.25, 0.3) is 17.2 Å². The first-order valence-electron chi connectivity index (χ1n) is 8.39. The van der Waals surface area contributed by atoms with Crippen molar-refractivity contribution in [2.24, 2.45) is 19.2 Å². The van der Waals surface area contributed by atoms with E-state index in [4.69, 9.17) is 0 Å². The smallest absolute Gasteiger partial charge is 0.315 e. The van der Waals surface area contributed by atoms with Crippen LogP contribution in [-0.2, 0) is 25.4 Å². The average Bonchev–Trinajstić information content (AvgIpc) is 3.12. The largest absolute Gasteiger partial charge is 0.332 e. The number of aromatic nitrogens is 4. The third kappa shape index (κ3) is 3.67. The molecule has 3 rings (SSSR count). The molecular formula is C17H17N7O5. The van der Waals surface area contributed by atoms with E-state index in [1.54, 1.807) is 6.92 Å². The average molecular weight is 399 g/mol. The second kappa shape index (κ2) is 7.50. The Kier molecular flexibility index (Phi) is 5.08. The highest BCUT2D eigenvalue weighted by Gasteiger charge is 2.16. The molecule has 1 aromatic carbocycles. The second-order valence-corrected chi connectivity index (χ2v) is 6.29. The maximum Gasteiger partial charge on any atom is 0.332 e. The second-order valence-electron chi connectivity index (χ2n) is 6.29. The van der Waals surface area contributed by atoms with Gasteiger partial charge >= 0.3 is 5.69 Å². The molecule has 2 aromatic heterocycles. The fourth-order valence-electron chi connectivity index (χ4n) is 2.74. The van der Waals surface area contributed by atoms with Crippen molar-refractivity contribution >= 4 is 28.5 Å². The molecule has 3 aromatic rings. The molecule has 0 aliphatic rings. The number of non-ortho nitro benzene ring substituents is 1. The van der Waals surface area contributed by atoms with Crippen LogP contribution in [0.4, 0.5) is 5.69 Å². The number of benzene rings is 1. The molecule has 0 saturated heterocycles. The van der Waals surface area contributed by atoms with Crippen LogP contribution in [0.5, 0.6) is 0 Å². The standard InChI is InChI=1S/C17H17N7O5/c1-10(11-4-6-12(7-5-11)24(28)29)19-20-13(25)8-23-9-18-15-14(23)16(26)22(3)17(27)21(15)2/h4-7,9H,8H2,1-3H3,(H,20,25)/b19-10+. The van der Waals surface area contributed by atoms with E-state index in [9.17, 15) is 24.5 Å². The van der Waals surface area contributed by atoms with Crippen LogP contribution in [0.2, 0.25) is 0 Å². The van der Waals surface area contributed by atoms with Crippen molar-refractivity contribution in [1.29, 1.82) is 0 Å². The maximum atomic E-state index is 12.4. The number of nitro groups is 1. The number of carbonyl (C=O) groups is 1. The van der Waals surface area contributed by atoms with Crippen molar-refractivity contribution in [3.63, 3.8) is 0 Å². The predicted molar refractivity (Wildman–Crippen MR) is 104 cm³/mol. The van der Waals surface area contributed by atoms with Crippen LogP contribution in [0.25, 0.3) is 11.2 Å². The van der Waals surface area contributed by atoms with E-state index in [0.717, 1.165) is 4.57 Å². The minimum atomic E-state index is -0.557. The summed E-state index contributed by atoms with van der Waals surface area (Å²) in [6.45, 7) is 1.40. The Bertz CT molecular complexity index is 1260. The van der Waals surface area contributed by atoms with Gasteiger partial charge < -0.3 is 4.57 Å². The lowest BCUT2D eigenvalue weighted by molar-refractivity contribution is -0.384. The summed E-state index contributed by atoms with van der Waals surface area (Å²) in [5.41, 5.74) is 2.61. The van der Waals surface area contributed by atoms with Crippen LogP contribution >= 0.6 is 0 Å². The van der Waals surface area contributed by atoms with Crippen LogP contribution in [0.15, 0.2) is 45.3 Å². The van der Waals surface area contributed by atoms with Crippen molar-refractivity contribution in [2.75, 3.05) is 0 Å². The van der Waals surface area contributed by atoms with E-state index in [-0.39, 0.29) is 23.4 Å². The molecule has 1 amide bonds. The lowest BCUT2D eigenvalue weighted by atomic mass is 10.1. The SMILES string of the molecule is C/C(=N\NC(=O)Cn1cnc2c1c(=O)n(C)c(=O)n2C)c1ccc([N+](=O)[O-])cc1. The van der Waals surface area contributed by atoms with E-state index < -0.39 is 22.1 Å². The van der Waals surface area contributed by atoms with E-state index in [0.29, 0.717) is 11.3 Å². The van der Waals surface area contributed by atoms with E-state index in [2.05, 4.69) is 15.5 Å². The molecule has 0 unspecified atom stereocenters. The number of amides is 1. The Labute approximate surface area is 162 Å². The molecule has 0 saturated carbocycles. The van der Waals surface area contributed by atoms with Gasteiger partial charge in [0.1, 0.15) is 6.54 Å². The number of nitrogens with zero attached hydrogens (tertiary/aromatic N) is 6. The number of hydrogen-bond donors (Lipinski definition) is 1. The molecule has 0 aliphatic carbocycles. The van der Waals surface area contributed by atoms with E-state index in [1.807, 2.05) is 0 Å². The summed E-state index contributed by atoms with van der Waals surface area (Å²) >= 11 is 0. The number of imidazole rings is 1. The lowest BCUT2D eigenvalue weighted by Crippen LogP contribution is -2.38. The van der Waals surface area contributed by atoms with Gasteiger partial charge in [-0.25, -0.2) is 15.2 Å². The molecule has 0 aliphatic heterocycles. The minimum Gasteiger partial charge on any atom is -0.315 e. The summed E-state index contributed by atoms with van der Waals surface area (Å²) in [5.74, 6) is -0.513. The Balaban J connectivity index is 1.79. The summed E-state index contributed by atoms with van der Waals surface area (Å²) in [4.78, 5) is 50.8. The summed E-state index contributed by atoms with van der Waals surface area (Å²) in [5, 5.41) is 14.7. The van der Waals surface area contributed by atoms with Gasteiger partial charge in [-0.15, -0.1) is 0 Å². The highest BCUT2D eigenvalue weighted by atomic mass is 16.6. The number of hydrogen-bond acceptors (Lipinski definition) is 7. The Morgan fingerprint density at radius 3 is 2.48 bits per heavy atom. The number of aryl methyl sites for hydroxylation is 1. The molecule has 0 bridgehead atoms. The molecule has 29 heavy (non-hydrogen) atoms. The van der Waals surface area contributed by atoms with Crippen molar-refractivity contribution in [2.45, 2.75) is 13.5 Å². The van der Waals surface area contributed by atoms with Gasteiger partial charge in [0.15, 0.2) is 11.2 Å². The van der Waals surface area contributed by atoms with Crippen molar-refractivity contribution in [1.82, 2.24) is 24.1 Å². The predicted octanol–water partition coefficient (Wildman–Crippen LogP) is -0.118. The van der Waals surface area contributed by atoms with Crippen LogP contribution < -0.4 is 16.7 Å². The molecule has 1 N–H and O–H groups in total. The van der Waals surface area contributed by atoms with Crippen molar-refractivity contribution < 1.29 is 9.72 Å². The zero-order valence-electron chi connectivity index (χ0n) is 15.8. The molecule has 0 spiro atoms. The minimum absolute atomic E-state index is 0.0476. The Morgan fingerprint density at radius 2 is 1.86 bits per heavy atom. The van der Waals surface area contributed by atoms with Gasteiger partial charge in [-0.2, -0.15) is 5.10 Å². The fourth-order valence-corrected chi connectivity index (χ4v) is 2.74. The number of rotatable bonds is 5. The maximum absolute atomic E-state index is 12.4. The summed E-state index contributed by atoms with van der Waals surface area (Å²) in [6, 6.07) is 5.73. The molecule has 12 nitrogen and oxygen atoms in total. The first kappa shape index (κ1) is 19.7. The van der Waals surface area contributed by atoms with Gasteiger partial charge in [-0.05, 0) is 24.6 Å². The number of fused-ring (bicyclic) bond motifs is 1. The monoisotopic (exact) mass is 399 g/mol. The van der Waals surface area contributed by atoms with Crippen LogP contribution in [0, 0.1) is 10.1 Å². The third-order valence-corrected chi connectivity index (χ3v) is 4.38. The molecule has 150 valence electrons. The first-order valence-corrected chi connectivity index (χ1v) is 8.39. The van der Waals surface area contributed by atoms with Crippen LogP contribution in [0.3, 0.4) is 0 Å². The van der Waals surface area contributed by atoms with E-state index in [1.165, 1.54) is 53.8 Å². The third-order valence-electron chi connectivity index (χ3n) is 4.38. The molecular weight excluding hydrogens is 382 g/mol. The van der Waals surface area contributed by atoms with Gasteiger partial charge in [0, 0.05) is 26.2 Å². The van der Waals surface area contributed by atoms with Crippen LogP contribution in [-0.4, -0.2) is 35.2 Å². The summed E-state index contributed by atoms with van der Waals surface area (Å²) in [6.07, 6.45) is 1.30. The summed E-state index contributed by atoms with van der Waals surface area (Å²) in [7, 11) is 2.83. The fraction of sp³-hybridized carbons (Fsp3) is 0.235. The van der Waals surface area contributed by atoms with Crippen molar-refractivity contribution in [3.8, 4) is 0 Å². The number of nitrogens with one attached hydrogen (secondary N) is 1. The van der Waals surface area contributed by atoms with Gasteiger partial charge in [0.05, 0.1) is 17.0 Å². The topological polar surface area (TPSA) is 146 Å². The Morgan fingerprint density at radius 1 is 1.21 bits per heavy atom. The molecule has 0 fully saturated rings. The molecule has 2 heterocycles. The van der Waals surface area contributed by atoms with Crippen molar-refractivity contribution in [3.05, 3.63) is 67.1 Å². The highest BCUT2D eigenvalue weighted by molar-refractivity contribution is 5.99. The first-order chi connectivity index (χ1) is 13.7. The highest BCUT2D eigenvalue weighted by Crippen LogP contribution is 2.12. The lowest BCUT2D eigenvalue weighted by Gasteiger charge is -2.06. The zero-order valence-corrected chi connectivity index (χ0v) is 15.8. The normalized spacial score (nSPS) is 11.6. The van der Waals surface area contributed by atoms with Gasteiger partial charge in [-0.1, -0.05) is 0 Å². The number of carbonyl (C=O) groups excluding carboxylic acids is 1. The summed E-state index contributed by atoms with van der Waals surface area (Å²) < 4.78 is 3.50. The zero-order chi connectivity index (χ0) is 21.3. The van der Waals surface area contributed by atoms with Gasteiger partial charge in [-0.3, -0.25) is 28.8 Å². The quantitative estimate of drug-likeness (QED) is 0.359. The molecule has 0 radical (unpaired) electrons. The molecule has 0 atom stereocenters. The Hall–Kier alpha value is -4.09. The van der Waals surface area contributed by atoms with Gasteiger partial charge in [0.2, 0.25) is 0 Å². The van der Waals surface area contributed by atoms with E-state index >= 15 is 0 Å².